The van der Waals surface area contributed by atoms with Crippen LogP contribution in [0.1, 0.15) is 12.0 Å². The number of ether oxygens (including phenoxy) is 2. The highest BCUT2D eigenvalue weighted by molar-refractivity contribution is 5.96. The average molecular weight is 359 g/mol. The number of aromatic hydroxyl groups is 1. The van der Waals surface area contributed by atoms with E-state index < -0.39 is 0 Å². The van der Waals surface area contributed by atoms with Gasteiger partial charge in [0.2, 0.25) is 0 Å². The van der Waals surface area contributed by atoms with Gasteiger partial charge in [-0.05, 0) is 41.6 Å². The Kier molecular flexibility index (Phi) is 3.67. The standard InChI is InChI=1S/C21H17N3O3/c25-21-15(10-13-4-5-16-18(11-13)23-12-22-16)20-17(24-21)2-1-3-19(20)27-14-6-8-26-9-7-14/h1-6,8,10-12,14,24-25H,7,9H2/b13-10-/t14-/m0/s1. The summed E-state index contributed by atoms with van der Waals surface area (Å²) in [5, 5.41) is 13.1. The fourth-order valence-corrected chi connectivity index (χ4v) is 3.38. The van der Waals surface area contributed by atoms with Gasteiger partial charge >= 0.3 is 0 Å². The van der Waals surface area contributed by atoms with Crippen molar-refractivity contribution in [3.05, 3.63) is 64.9 Å². The van der Waals surface area contributed by atoms with Crippen molar-refractivity contribution in [2.75, 3.05) is 6.61 Å². The molecule has 0 aliphatic carbocycles. The normalized spacial score (nSPS) is 18.4. The molecule has 2 aliphatic heterocycles. The first kappa shape index (κ1) is 15.7. The van der Waals surface area contributed by atoms with Gasteiger partial charge in [-0.3, -0.25) is 0 Å². The fourth-order valence-electron chi connectivity index (χ4n) is 3.38. The van der Waals surface area contributed by atoms with Crippen LogP contribution in [0.3, 0.4) is 0 Å². The summed E-state index contributed by atoms with van der Waals surface area (Å²) in [6.07, 6.45) is 7.78. The molecule has 1 aromatic heterocycles. The second-order valence-corrected chi connectivity index (χ2v) is 6.48. The molecule has 1 atom stereocenters. The maximum Gasteiger partial charge on any atom is 0.197 e. The number of nitrogens with one attached hydrogen (secondary N) is 1. The summed E-state index contributed by atoms with van der Waals surface area (Å²) < 4.78 is 11.4. The van der Waals surface area contributed by atoms with Gasteiger partial charge in [0.05, 0.1) is 34.8 Å². The fraction of sp³-hybridized carbons (Fsp3) is 0.143. The Morgan fingerprint density at radius 2 is 2.22 bits per heavy atom. The van der Waals surface area contributed by atoms with Crippen molar-refractivity contribution < 1.29 is 14.6 Å². The first-order valence-electron chi connectivity index (χ1n) is 8.79. The zero-order valence-corrected chi connectivity index (χ0v) is 14.4. The summed E-state index contributed by atoms with van der Waals surface area (Å²) in [7, 11) is 0. The van der Waals surface area contributed by atoms with Crippen LogP contribution in [0.25, 0.3) is 17.0 Å². The van der Waals surface area contributed by atoms with Crippen LogP contribution in [-0.4, -0.2) is 29.1 Å². The van der Waals surface area contributed by atoms with Crippen molar-refractivity contribution in [1.82, 2.24) is 4.98 Å². The highest BCUT2D eigenvalue weighted by atomic mass is 16.5. The van der Waals surface area contributed by atoms with E-state index in [2.05, 4.69) is 15.0 Å². The Labute approximate surface area is 154 Å². The van der Waals surface area contributed by atoms with Crippen molar-refractivity contribution in [3.8, 4) is 11.6 Å². The molecule has 2 aliphatic rings. The third-order valence-corrected chi connectivity index (χ3v) is 4.70. The molecule has 2 N–H and O–H groups in total. The number of aromatic nitrogens is 1. The van der Waals surface area contributed by atoms with Gasteiger partial charge in [-0.15, -0.1) is 0 Å². The predicted molar refractivity (Wildman–Crippen MR) is 103 cm³/mol. The number of aliphatic imine (C=N–C) groups is 1. The van der Waals surface area contributed by atoms with Gasteiger partial charge in [-0.2, -0.15) is 0 Å². The van der Waals surface area contributed by atoms with Crippen molar-refractivity contribution in [2.24, 2.45) is 9.98 Å². The monoisotopic (exact) mass is 359 g/mol. The molecule has 5 rings (SSSR count). The number of benzene rings is 2. The van der Waals surface area contributed by atoms with Crippen molar-refractivity contribution in [3.63, 3.8) is 0 Å². The summed E-state index contributed by atoms with van der Waals surface area (Å²) in [5.41, 5.74) is 2.34. The second-order valence-electron chi connectivity index (χ2n) is 6.48. The lowest BCUT2D eigenvalue weighted by Gasteiger charge is -2.19. The molecule has 6 heteroatoms. The Bertz CT molecular complexity index is 1210. The summed E-state index contributed by atoms with van der Waals surface area (Å²) in [6, 6.07) is 11.6. The SMILES string of the molecule is Oc1[nH]c2cccc(O[C@H]3C=COCC3)c2c1/C=c1/ccc2c(c1)N=CN=2. The first-order chi connectivity index (χ1) is 13.3. The molecular weight excluding hydrogens is 342 g/mol. The molecule has 0 saturated carbocycles. The molecule has 134 valence electrons. The molecular formula is C21H17N3O3. The van der Waals surface area contributed by atoms with Crippen LogP contribution >= 0.6 is 0 Å². The molecule has 0 saturated heterocycles. The van der Waals surface area contributed by atoms with Gasteiger partial charge < -0.3 is 19.6 Å². The number of fused-ring (bicyclic) bond motifs is 2. The van der Waals surface area contributed by atoms with Crippen LogP contribution in [0, 0.1) is 0 Å². The minimum absolute atomic E-state index is 0.0508. The Morgan fingerprint density at radius 1 is 1.26 bits per heavy atom. The molecule has 0 amide bonds. The van der Waals surface area contributed by atoms with E-state index in [9.17, 15) is 5.11 Å². The van der Waals surface area contributed by atoms with Gasteiger partial charge in [0.1, 0.15) is 18.2 Å². The topological polar surface area (TPSA) is 79.2 Å². The largest absolute Gasteiger partial charge is 0.501 e. The molecule has 0 unspecified atom stereocenters. The third-order valence-electron chi connectivity index (χ3n) is 4.70. The van der Waals surface area contributed by atoms with Gasteiger partial charge in [0.15, 0.2) is 5.88 Å². The van der Waals surface area contributed by atoms with E-state index in [-0.39, 0.29) is 12.0 Å². The number of hydrogen-bond donors (Lipinski definition) is 2. The Balaban J connectivity index is 1.64. The molecule has 3 aromatic rings. The number of rotatable bonds is 3. The Hall–Kier alpha value is -3.54. The maximum absolute atomic E-state index is 10.5. The number of nitrogens with zero attached hydrogens (tertiary/aromatic N) is 2. The van der Waals surface area contributed by atoms with Crippen molar-refractivity contribution in [1.29, 1.82) is 0 Å². The molecule has 27 heavy (non-hydrogen) atoms. The maximum atomic E-state index is 10.5. The third kappa shape index (κ3) is 2.85. The highest BCUT2D eigenvalue weighted by Crippen LogP contribution is 2.35. The zero-order valence-electron chi connectivity index (χ0n) is 14.4. The van der Waals surface area contributed by atoms with Crippen LogP contribution in [0.5, 0.6) is 11.6 Å². The van der Waals surface area contributed by atoms with Gasteiger partial charge in [-0.1, -0.05) is 12.1 Å². The smallest absolute Gasteiger partial charge is 0.197 e. The van der Waals surface area contributed by atoms with E-state index >= 15 is 0 Å². The lowest BCUT2D eigenvalue weighted by Crippen LogP contribution is -2.19. The highest BCUT2D eigenvalue weighted by Gasteiger charge is 2.17. The van der Waals surface area contributed by atoms with Crippen LogP contribution < -0.4 is 15.3 Å². The van der Waals surface area contributed by atoms with E-state index in [1.807, 2.05) is 48.6 Å². The van der Waals surface area contributed by atoms with Crippen molar-refractivity contribution in [2.45, 2.75) is 12.5 Å². The molecule has 2 aromatic carbocycles. The Morgan fingerprint density at radius 3 is 3.11 bits per heavy atom. The number of aromatic amines is 1. The molecule has 0 bridgehead atoms. The van der Waals surface area contributed by atoms with Gasteiger partial charge in [0, 0.05) is 12.0 Å². The van der Waals surface area contributed by atoms with Gasteiger partial charge in [-0.25, -0.2) is 9.98 Å². The van der Waals surface area contributed by atoms with E-state index in [0.29, 0.717) is 12.2 Å². The molecule has 0 fully saturated rings. The van der Waals surface area contributed by atoms with Crippen molar-refractivity contribution >= 4 is 29.0 Å². The van der Waals surface area contributed by atoms with Crippen LogP contribution in [0.2, 0.25) is 0 Å². The minimum atomic E-state index is -0.0508. The van der Waals surface area contributed by atoms with Crippen LogP contribution in [0.4, 0.5) is 5.69 Å². The molecule has 0 spiro atoms. The van der Waals surface area contributed by atoms with Crippen LogP contribution in [0.15, 0.2) is 58.7 Å². The van der Waals surface area contributed by atoms with E-state index in [0.717, 1.165) is 39.3 Å². The lowest BCUT2D eigenvalue weighted by molar-refractivity contribution is 0.148. The van der Waals surface area contributed by atoms with Crippen LogP contribution in [-0.2, 0) is 4.74 Å². The summed E-state index contributed by atoms with van der Waals surface area (Å²) >= 11 is 0. The minimum Gasteiger partial charge on any atom is -0.501 e. The summed E-state index contributed by atoms with van der Waals surface area (Å²) in [6.45, 7) is 0.634. The quantitative estimate of drug-likeness (QED) is 0.755. The van der Waals surface area contributed by atoms with E-state index in [1.54, 1.807) is 12.6 Å². The summed E-state index contributed by atoms with van der Waals surface area (Å²) in [4.78, 5) is 11.5. The predicted octanol–water partition coefficient (Wildman–Crippen LogP) is 2.68. The first-order valence-corrected chi connectivity index (χ1v) is 8.79. The average Bonchev–Trinajstić information content (AvgIpc) is 3.27. The molecule has 0 radical (unpaired) electrons. The van der Waals surface area contributed by atoms with Gasteiger partial charge in [0.25, 0.3) is 0 Å². The second kappa shape index (κ2) is 6.32. The molecule has 3 heterocycles. The van der Waals surface area contributed by atoms with E-state index in [4.69, 9.17) is 9.47 Å². The molecule has 6 nitrogen and oxygen atoms in total. The lowest BCUT2D eigenvalue weighted by atomic mass is 10.1. The number of hydrogen-bond acceptors (Lipinski definition) is 5. The van der Waals surface area contributed by atoms with E-state index in [1.165, 1.54) is 0 Å². The summed E-state index contributed by atoms with van der Waals surface area (Å²) in [5.74, 6) is 0.832. The number of H-pyrrole nitrogens is 1. The zero-order chi connectivity index (χ0) is 18.2.